The van der Waals surface area contributed by atoms with Crippen LogP contribution < -0.4 is 0 Å². The van der Waals surface area contributed by atoms with Crippen molar-refractivity contribution in [3.63, 3.8) is 0 Å². The van der Waals surface area contributed by atoms with Crippen molar-refractivity contribution in [3.8, 4) is 0 Å². The summed E-state index contributed by atoms with van der Waals surface area (Å²) in [5.41, 5.74) is 0. The number of amides is 1. The molecule has 1 aromatic rings. The van der Waals surface area contributed by atoms with Crippen LogP contribution in [0.4, 0.5) is 10.7 Å². The van der Waals surface area contributed by atoms with Crippen molar-refractivity contribution in [2.24, 2.45) is 5.10 Å². The maximum Gasteiger partial charge on any atom is 0.433 e. The molecule has 10 heteroatoms. The summed E-state index contributed by atoms with van der Waals surface area (Å²) in [5.74, 6) is -0.179. The molecule has 2 fully saturated rings. The van der Waals surface area contributed by atoms with Crippen molar-refractivity contribution >= 4 is 18.2 Å². The summed E-state index contributed by atoms with van der Waals surface area (Å²) < 4.78 is 15.5. The fourth-order valence-electron chi connectivity index (χ4n) is 2.41. The van der Waals surface area contributed by atoms with Gasteiger partial charge in [0.25, 0.3) is 0 Å². The fraction of sp³-hybridized carbons (Fsp3) is 0.538. The predicted molar refractivity (Wildman–Crippen MR) is 77.2 cm³/mol. The van der Waals surface area contributed by atoms with E-state index < -0.39 is 11.0 Å². The van der Waals surface area contributed by atoms with Crippen LogP contribution in [0.3, 0.4) is 0 Å². The predicted octanol–water partition coefficient (Wildman–Crippen LogP) is 0.675. The van der Waals surface area contributed by atoms with Gasteiger partial charge in [0.05, 0.1) is 32.0 Å². The highest BCUT2D eigenvalue weighted by atomic mass is 16.6. The Morgan fingerprint density at radius 2 is 2.17 bits per heavy atom. The van der Waals surface area contributed by atoms with Gasteiger partial charge in [-0.1, -0.05) is 0 Å². The first kappa shape index (κ1) is 15.4. The number of morpholine rings is 1. The molecule has 10 nitrogen and oxygen atoms in total. The monoisotopic (exact) mass is 324 g/mol. The maximum atomic E-state index is 11.8. The zero-order valence-corrected chi connectivity index (χ0v) is 12.3. The number of furan rings is 1. The van der Waals surface area contributed by atoms with E-state index in [2.05, 4.69) is 10.0 Å². The lowest BCUT2D eigenvalue weighted by atomic mass is 10.3. The van der Waals surface area contributed by atoms with Crippen molar-refractivity contribution in [2.45, 2.75) is 6.10 Å². The fourth-order valence-corrected chi connectivity index (χ4v) is 2.41. The van der Waals surface area contributed by atoms with E-state index in [9.17, 15) is 14.9 Å². The molecule has 2 aliphatic rings. The summed E-state index contributed by atoms with van der Waals surface area (Å²) in [5, 5.41) is 15.7. The van der Waals surface area contributed by atoms with Crippen LogP contribution in [0.25, 0.3) is 0 Å². The normalized spacial score (nSPS) is 22.7. The van der Waals surface area contributed by atoms with Gasteiger partial charge in [0.1, 0.15) is 11.0 Å². The average molecular weight is 324 g/mol. The second-order valence-electron chi connectivity index (χ2n) is 5.18. The minimum atomic E-state index is -0.639. The van der Waals surface area contributed by atoms with Gasteiger partial charge in [-0.25, -0.2) is 4.79 Å². The van der Waals surface area contributed by atoms with Crippen molar-refractivity contribution in [2.75, 3.05) is 39.4 Å². The first-order valence-corrected chi connectivity index (χ1v) is 7.18. The van der Waals surface area contributed by atoms with Gasteiger partial charge in [-0.3, -0.25) is 15.0 Å². The molecule has 0 N–H and O–H groups in total. The van der Waals surface area contributed by atoms with Gasteiger partial charge < -0.3 is 13.9 Å². The maximum absolute atomic E-state index is 11.8. The Labute approximate surface area is 131 Å². The molecule has 124 valence electrons. The largest absolute Gasteiger partial charge is 0.441 e. The average Bonchev–Trinajstić information content (AvgIpc) is 3.13. The summed E-state index contributed by atoms with van der Waals surface area (Å²) in [4.78, 5) is 23.8. The van der Waals surface area contributed by atoms with Crippen LogP contribution in [-0.2, 0) is 9.47 Å². The Morgan fingerprint density at radius 1 is 1.39 bits per heavy atom. The molecule has 3 heterocycles. The van der Waals surface area contributed by atoms with E-state index in [0.29, 0.717) is 26.3 Å². The third kappa shape index (κ3) is 3.85. The highest BCUT2D eigenvalue weighted by molar-refractivity contribution is 5.78. The Hall–Kier alpha value is -2.46. The molecule has 2 aliphatic heterocycles. The molecule has 3 rings (SSSR count). The van der Waals surface area contributed by atoms with E-state index in [0.717, 1.165) is 13.1 Å². The van der Waals surface area contributed by atoms with Crippen LogP contribution in [0.1, 0.15) is 5.76 Å². The molecule has 0 radical (unpaired) electrons. The Morgan fingerprint density at radius 3 is 2.87 bits per heavy atom. The molecule has 0 aromatic carbocycles. The quantitative estimate of drug-likeness (QED) is 0.445. The highest BCUT2D eigenvalue weighted by Crippen LogP contribution is 2.16. The third-order valence-electron chi connectivity index (χ3n) is 3.54. The lowest BCUT2D eigenvalue weighted by Gasteiger charge is -2.27. The number of hydrogen-bond acceptors (Lipinski definition) is 8. The number of rotatable bonds is 5. The Balaban J connectivity index is 1.54. The lowest BCUT2D eigenvalue weighted by molar-refractivity contribution is -0.402. The van der Waals surface area contributed by atoms with E-state index in [4.69, 9.17) is 13.9 Å². The summed E-state index contributed by atoms with van der Waals surface area (Å²) in [6.07, 6.45) is 0.454. The molecule has 1 aromatic heterocycles. The molecule has 0 spiro atoms. The highest BCUT2D eigenvalue weighted by Gasteiger charge is 2.32. The van der Waals surface area contributed by atoms with Crippen LogP contribution >= 0.6 is 0 Å². The standard InChI is InChI=1S/C13H16N4O6/c18-13-16(14-7-10-1-2-12(22-10)17(19)20)9-11(23-13)8-15-3-5-21-6-4-15/h1-2,7,11H,3-6,8-9H2/t11-/m1/s1. The first-order chi connectivity index (χ1) is 11.1. The van der Waals surface area contributed by atoms with E-state index >= 15 is 0 Å². The third-order valence-corrected chi connectivity index (χ3v) is 3.54. The van der Waals surface area contributed by atoms with Gasteiger partial charge in [0.15, 0.2) is 5.76 Å². The lowest BCUT2D eigenvalue weighted by Crippen LogP contribution is -2.41. The number of carbonyl (C=O) groups excluding carboxylic acids is 1. The second-order valence-corrected chi connectivity index (χ2v) is 5.18. The molecule has 0 unspecified atom stereocenters. The van der Waals surface area contributed by atoms with Gasteiger partial charge in [0, 0.05) is 19.6 Å². The zero-order valence-electron chi connectivity index (χ0n) is 12.3. The van der Waals surface area contributed by atoms with Crippen molar-refractivity contribution in [1.29, 1.82) is 0 Å². The first-order valence-electron chi connectivity index (χ1n) is 7.18. The Kier molecular flexibility index (Phi) is 4.53. The summed E-state index contributed by atoms with van der Waals surface area (Å²) in [6.45, 7) is 3.95. The summed E-state index contributed by atoms with van der Waals surface area (Å²) >= 11 is 0. The van der Waals surface area contributed by atoms with E-state index in [1.807, 2.05) is 0 Å². The van der Waals surface area contributed by atoms with Gasteiger partial charge in [-0.2, -0.15) is 10.1 Å². The number of cyclic esters (lactones) is 1. The van der Waals surface area contributed by atoms with Crippen molar-refractivity contribution in [3.05, 3.63) is 28.0 Å². The number of nitrogens with zero attached hydrogens (tertiary/aromatic N) is 4. The molecule has 0 bridgehead atoms. The second kappa shape index (κ2) is 6.75. The molecular weight excluding hydrogens is 308 g/mol. The number of carbonyl (C=O) groups is 1. The number of hydrazone groups is 1. The topological polar surface area (TPSA) is 111 Å². The Bertz CT molecular complexity index is 609. The van der Waals surface area contributed by atoms with Crippen molar-refractivity contribution in [1.82, 2.24) is 9.91 Å². The zero-order chi connectivity index (χ0) is 16.2. The van der Waals surface area contributed by atoms with E-state index in [1.54, 1.807) is 0 Å². The molecule has 0 aliphatic carbocycles. The van der Waals surface area contributed by atoms with Crippen LogP contribution in [0.2, 0.25) is 0 Å². The van der Waals surface area contributed by atoms with Gasteiger partial charge >= 0.3 is 12.0 Å². The summed E-state index contributed by atoms with van der Waals surface area (Å²) in [6, 6.07) is 2.64. The van der Waals surface area contributed by atoms with Crippen LogP contribution in [0.5, 0.6) is 0 Å². The SMILES string of the molecule is O=C1O[C@H](CN2CCOCC2)CN1N=Cc1ccc([N+](=O)[O-])o1. The van der Waals surface area contributed by atoms with E-state index in [-0.39, 0.29) is 17.7 Å². The van der Waals surface area contributed by atoms with Gasteiger partial charge in [0.2, 0.25) is 0 Å². The summed E-state index contributed by atoms with van der Waals surface area (Å²) in [7, 11) is 0. The molecular formula is C13H16N4O6. The minimum absolute atomic E-state index is 0.195. The smallest absolute Gasteiger partial charge is 0.433 e. The van der Waals surface area contributed by atoms with Crippen molar-refractivity contribution < 1.29 is 23.6 Å². The molecule has 1 atom stereocenters. The molecule has 1 amide bonds. The molecule has 23 heavy (non-hydrogen) atoms. The number of ether oxygens (including phenoxy) is 2. The van der Waals surface area contributed by atoms with Crippen LogP contribution in [-0.4, -0.2) is 72.6 Å². The van der Waals surface area contributed by atoms with Crippen LogP contribution in [0.15, 0.2) is 21.7 Å². The van der Waals surface area contributed by atoms with Crippen LogP contribution in [0, 0.1) is 10.1 Å². The van der Waals surface area contributed by atoms with Gasteiger partial charge in [-0.05, 0) is 6.07 Å². The molecule has 0 saturated carbocycles. The number of nitro groups is 1. The van der Waals surface area contributed by atoms with E-state index in [1.165, 1.54) is 23.4 Å². The number of hydrogen-bond donors (Lipinski definition) is 0. The van der Waals surface area contributed by atoms with Gasteiger partial charge in [-0.15, -0.1) is 0 Å². The molecule has 2 saturated heterocycles. The minimum Gasteiger partial charge on any atom is -0.441 e.